The summed E-state index contributed by atoms with van der Waals surface area (Å²) < 4.78 is 19.2. The maximum atomic E-state index is 13.5. The van der Waals surface area contributed by atoms with Gasteiger partial charge in [0, 0.05) is 12.1 Å². The third-order valence-electron chi connectivity index (χ3n) is 2.41. The van der Waals surface area contributed by atoms with Gasteiger partial charge in [0.1, 0.15) is 12.0 Å². The van der Waals surface area contributed by atoms with E-state index in [-0.39, 0.29) is 11.4 Å². The van der Waals surface area contributed by atoms with Crippen molar-refractivity contribution in [1.82, 2.24) is 5.32 Å². The number of benzene rings is 1. The molecule has 1 N–H and O–H groups in total. The average molecular weight is 230 g/mol. The fourth-order valence-corrected chi connectivity index (χ4v) is 1.93. The van der Waals surface area contributed by atoms with Crippen molar-refractivity contribution in [3.63, 3.8) is 0 Å². The quantitative estimate of drug-likeness (QED) is 0.800. The van der Waals surface area contributed by atoms with Crippen molar-refractivity contribution in [1.29, 1.82) is 0 Å². The minimum absolute atomic E-state index is 0.281. The van der Waals surface area contributed by atoms with Crippen molar-refractivity contribution < 1.29 is 9.13 Å². The molecule has 1 fully saturated rings. The Morgan fingerprint density at radius 1 is 1.53 bits per heavy atom. The molecule has 1 heterocycles. The van der Waals surface area contributed by atoms with E-state index in [2.05, 4.69) is 5.32 Å². The zero-order valence-electron chi connectivity index (χ0n) is 8.68. The number of nitrogens with one attached hydrogen (secondary N) is 1. The van der Waals surface area contributed by atoms with Crippen LogP contribution in [0, 0.1) is 5.82 Å². The highest BCUT2D eigenvalue weighted by Crippen LogP contribution is 2.33. The van der Waals surface area contributed by atoms with E-state index in [1.54, 1.807) is 12.1 Å². The molecule has 2 nitrogen and oxygen atoms in total. The molecule has 0 amide bonds. The third-order valence-corrected chi connectivity index (χ3v) is 2.74. The lowest BCUT2D eigenvalue weighted by molar-refractivity contribution is -0.0169. The molecule has 1 aliphatic heterocycles. The predicted molar refractivity (Wildman–Crippen MR) is 57.3 cm³/mol. The van der Waals surface area contributed by atoms with Gasteiger partial charge in [0.05, 0.1) is 10.6 Å². The summed E-state index contributed by atoms with van der Waals surface area (Å²) >= 11 is 5.94. The first kappa shape index (κ1) is 10.9. The average Bonchev–Trinajstić information content (AvgIpc) is 2.46. The van der Waals surface area contributed by atoms with Gasteiger partial charge in [0.25, 0.3) is 0 Å². The van der Waals surface area contributed by atoms with Crippen molar-refractivity contribution in [3.8, 4) is 0 Å². The second kappa shape index (κ2) is 3.74. The monoisotopic (exact) mass is 229 g/mol. The van der Waals surface area contributed by atoms with Gasteiger partial charge in [-0.1, -0.05) is 17.7 Å². The Morgan fingerprint density at radius 2 is 2.27 bits per heavy atom. The zero-order valence-corrected chi connectivity index (χ0v) is 9.44. The molecular formula is C11H13ClFNO. The van der Waals surface area contributed by atoms with Gasteiger partial charge in [-0.3, -0.25) is 5.32 Å². The molecule has 1 atom stereocenters. The number of halogens is 2. The van der Waals surface area contributed by atoms with E-state index in [0.29, 0.717) is 17.1 Å². The highest BCUT2D eigenvalue weighted by atomic mass is 35.5. The normalized spacial score (nSPS) is 24.4. The van der Waals surface area contributed by atoms with E-state index >= 15 is 0 Å². The van der Waals surface area contributed by atoms with Crippen LogP contribution in [-0.2, 0) is 4.74 Å². The van der Waals surface area contributed by atoms with Crippen LogP contribution in [0.25, 0.3) is 0 Å². The van der Waals surface area contributed by atoms with Crippen LogP contribution in [0.3, 0.4) is 0 Å². The number of hydrogen-bond acceptors (Lipinski definition) is 2. The van der Waals surface area contributed by atoms with Crippen LogP contribution in [0.5, 0.6) is 0 Å². The second-order valence-electron chi connectivity index (χ2n) is 4.27. The first-order valence-electron chi connectivity index (χ1n) is 4.85. The lowest BCUT2D eigenvalue weighted by Gasteiger charge is -2.18. The topological polar surface area (TPSA) is 21.3 Å². The highest BCUT2D eigenvalue weighted by Gasteiger charge is 2.34. The Kier molecular flexibility index (Phi) is 2.71. The molecule has 1 unspecified atom stereocenters. The van der Waals surface area contributed by atoms with Crippen LogP contribution in [0.2, 0.25) is 5.02 Å². The molecule has 0 spiro atoms. The largest absolute Gasteiger partial charge is 0.352 e. The van der Waals surface area contributed by atoms with Crippen LogP contribution in [0.15, 0.2) is 18.2 Å². The van der Waals surface area contributed by atoms with E-state index in [1.807, 2.05) is 13.8 Å². The first-order valence-corrected chi connectivity index (χ1v) is 5.22. The lowest BCUT2D eigenvalue weighted by Crippen LogP contribution is -2.23. The number of hydrogen-bond donors (Lipinski definition) is 1. The Labute approximate surface area is 93.4 Å². The van der Waals surface area contributed by atoms with Crippen molar-refractivity contribution in [3.05, 3.63) is 34.6 Å². The molecular weight excluding hydrogens is 217 g/mol. The predicted octanol–water partition coefficient (Wildman–Crippen LogP) is 2.88. The zero-order chi connectivity index (χ0) is 11.1. The molecule has 0 bridgehead atoms. The summed E-state index contributed by atoms with van der Waals surface area (Å²) in [5.41, 5.74) is 0.112. The van der Waals surface area contributed by atoms with Crippen molar-refractivity contribution >= 4 is 11.6 Å². The highest BCUT2D eigenvalue weighted by molar-refractivity contribution is 6.31. The van der Waals surface area contributed by atoms with Crippen LogP contribution in [0.1, 0.15) is 25.6 Å². The molecule has 1 saturated heterocycles. The standard InChI is InChI=1S/C11H13ClFNO/c1-11(2)6-14-10(15-11)9-7(12)4-3-5-8(9)13/h3-5,10,14H,6H2,1-2H3. The minimum Gasteiger partial charge on any atom is -0.352 e. The van der Waals surface area contributed by atoms with Crippen molar-refractivity contribution in [2.75, 3.05) is 6.54 Å². The molecule has 15 heavy (non-hydrogen) atoms. The first-order chi connectivity index (χ1) is 6.99. The summed E-state index contributed by atoms with van der Waals surface area (Å²) in [6.45, 7) is 4.59. The molecule has 82 valence electrons. The lowest BCUT2D eigenvalue weighted by atomic mass is 10.1. The van der Waals surface area contributed by atoms with Crippen molar-refractivity contribution in [2.24, 2.45) is 0 Å². The SMILES string of the molecule is CC1(C)CNC(c2c(F)cccc2Cl)O1. The molecule has 0 radical (unpaired) electrons. The molecule has 1 aromatic carbocycles. The Hall–Kier alpha value is -0.640. The van der Waals surface area contributed by atoms with Gasteiger partial charge in [-0.05, 0) is 26.0 Å². The Balaban J connectivity index is 2.31. The number of ether oxygens (including phenoxy) is 1. The summed E-state index contributed by atoms with van der Waals surface area (Å²) in [6.07, 6.45) is -0.450. The summed E-state index contributed by atoms with van der Waals surface area (Å²) in [6, 6.07) is 4.63. The van der Waals surface area contributed by atoms with Crippen LogP contribution in [-0.4, -0.2) is 12.1 Å². The van der Waals surface area contributed by atoms with Crippen LogP contribution >= 0.6 is 11.6 Å². The van der Waals surface area contributed by atoms with E-state index < -0.39 is 6.23 Å². The third kappa shape index (κ3) is 2.14. The maximum Gasteiger partial charge on any atom is 0.139 e. The molecule has 0 aromatic heterocycles. The summed E-state index contributed by atoms with van der Waals surface area (Å²) in [4.78, 5) is 0. The Bertz CT molecular complexity index is 361. The summed E-state index contributed by atoms with van der Waals surface area (Å²) in [7, 11) is 0. The van der Waals surface area contributed by atoms with E-state index in [1.165, 1.54) is 6.07 Å². The summed E-state index contributed by atoms with van der Waals surface area (Å²) in [5.74, 6) is -0.335. The van der Waals surface area contributed by atoms with E-state index in [0.717, 1.165) is 0 Å². The van der Waals surface area contributed by atoms with E-state index in [9.17, 15) is 4.39 Å². The van der Waals surface area contributed by atoms with E-state index in [4.69, 9.17) is 16.3 Å². The molecule has 1 aromatic rings. The van der Waals surface area contributed by atoms with Gasteiger partial charge in [-0.2, -0.15) is 0 Å². The van der Waals surface area contributed by atoms with Crippen LogP contribution < -0.4 is 5.32 Å². The van der Waals surface area contributed by atoms with Gasteiger partial charge in [-0.15, -0.1) is 0 Å². The molecule has 4 heteroatoms. The molecule has 1 aliphatic rings. The summed E-state index contributed by atoms with van der Waals surface area (Å²) in [5, 5.41) is 3.49. The molecule has 2 rings (SSSR count). The molecule has 0 aliphatic carbocycles. The van der Waals surface area contributed by atoms with Gasteiger partial charge < -0.3 is 4.74 Å². The van der Waals surface area contributed by atoms with Crippen molar-refractivity contribution in [2.45, 2.75) is 25.7 Å². The minimum atomic E-state index is -0.450. The van der Waals surface area contributed by atoms with Gasteiger partial charge in [-0.25, -0.2) is 4.39 Å². The fourth-order valence-electron chi connectivity index (χ4n) is 1.66. The van der Waals surface area contributed by atoms with Gasteiger partial charge >= 0.3 is 0 Å². The Morgan fingerprint density at radius 3 is 2.80 bits per heavy atom. The number of rotatable bonds is 1. The second-order valence-corrected chi connectivity index (χ2v) is 4.68. The fraction of sp³-hybridized carbons (Fsp3) is 0.455. The van der Waals surface area contributed by atoms with Gasteiger partial charge in [0.15, 0.2) is 0 Å². The molecule has 0 saturated carbocycles. The smallest absolute Gasteiger partial charge is 0.139 e. The maximum absolute atomic E-state index is 13.5. The van der Waals surface area contributed by atoms with Crippen LogP contribution in [0.4, 0.5) is 4.39 Å². The van der Waals surface area contributed by atoms with Gasteiger partial charge in [0.2, 0.25) is 0 Å².